The van der Waals surface area contributed by atoms with E-state index in [-0.39, 0.29) is 23.7 Å². The molecule has 1 heterocycles. The van der Waals surface area contributed by atoms with E-state index in [0.717, 1.165) is 30.6 Å². The van der Waals surface area contributed by atoms with Crippen LogP contribution in [0, 0.1) is 11.7 Å². The van der Waals surface area contributed by atoms with Gasteiger partial charge < -0.3 is 16.4 Å². The monoisotopic (exact) mass is 265 g/mol. The van der Waals surface area contributed by atoms with E-state index in [1.807, 2.05) is 6.92 Å². The third-order valence-corrected chi connectivity index (χ3v) is 3.64. The van der Waals surface area contributed by atoms with E-state index in [0.29, 0.717) is 6.54 Å². The van der Waals surface area contributed by atoms with Crippen molar-refractivity contribution in [3.8, 4) is 0 Å². The van der Waals surface area contributed by atoms with Gasteiger partial charge in [-0.25, -0.2) is 4.39 Å². The van der Waals surface area contributed by atoms with Crippen molar-refractivity contribution in [1.82, 2.24) is 0 Å². The average molecular weight is 265 g/mol. The summed E-state index contributed by atoms with van der Waals surface area (Å²) in [4.78, 5) is 13.4. The highest BCUT2D eigenvalue weighted by Crippen LogP contribution is 2.29. The molecule has 1 aliphatic heterocycles. The number of carbonyl (C=O) groups excluding carboxylic acids is 1. The van der Waals surface area contributed by atoms with Gasteiger partial charge in [0.1, 0.15) is 5.82 Å². The number of nitrogens with two attached hydrogens (primary N) is 2. The number of nitrogens with zero attached hydrogens (tertiary/aromatic N) is 1. The van der Waals surface area contributed by atoms with E-state index in [2.05, 4.69) is 4.90 Å². The number of hydrogen-bond donors (Lipinski definition) is 2. The normalized spacial score (nSPS) is 21.2. The fourth-order valence-corrected chi connectivity index (χ4v) is 2.61. The second-order valence-electron chi connectivity index (χ2n) is 5.18. The Morgan fingerprint density at radius 3 is 2.89 bits per heavy atom. The number of anilines is 1. The molecule has 1 aliphatic rings. The minimum Gasteiger partial charge on any atom is -0.370 e. The first-order valence-electron chi connectivity index (χ1n) is 6.58. The third-order valence-electron chi connectivity index (χ3n) is 3.64. The molecule has 1 aromatic carbocycles. The molecule has 1 fully saturated rings. The lowest BCUT2D eigenvalue weighted by molar-refractivity contribution is -0.122. The highest BCUT2D eigenvalue weighted by molar-refractivity contribution is 5.77. The van der Waals surface area contributed by atoms with Gasteiger partial charge in [-0.2, -0.15) is 0 Å². The highest BCUT2D eigenvalue weighted by atomic mass is 19.1. The first-order chi connectivity index (χ1) is 8.99. The molecule has 1 aromatic rings. The van der Waals surface area contributed by atoms with Gasteiger partial charge >= 0.3 is 0 Å². The Labute approximate surface area is 112 Å². The van der Waals surface area contributed by atoms with Crippen molar-refractivity contribution in [2.45, 2.75) is 25.8 Å². The predicted octanol–water partition coefficient (Wildman–Crippen LogP) is 1.55. The molecular formula is C14H20FN3O. The fourth-order valence-electron chi connectivity index (χ4n) is 2.61. The van der Waals surface area contributed by atoms with Crippen LogP contribution in [-0.2, 0) is 4.79 Å². The van der Waals surface area contributed by atoms with Gasteiger partial charge in [-0.3, -0.25) is 4.79 Å². The molecule has 0 spiro atoms. The van der Waals surface area contributed by atoms with Gasteiger partial charge in [0, 0.05) is 24.8 Å². The van der Waals surface area contributed by atoms with Crippen LogP contribution in [0.5, 0.6) is 0 Å². The van der Waals surface area contributed by atoms with Gasteiger partial charge in [0.05, 0.1) is 5.92 Å². The number of rotatable bonds is 3. The quantitative estimate of drug-likeness (QED) is 0.871. The van der Waals surface area contributed by atoms with Crippen molar-refractivity contribution < 1.29 is 9.18 Å². The van der Waals surface area contributed by atoms with Crippen molar-refractivity contribution in [2.24, 2.45) is 17.4 Å². The van der Waals surface area contributed by atoms with Crippen molar-refractivity contribution in [2.75, 3.05) is 18.0 Å². The first kappa shape index (κ1) is 13.8. The molecule has 0 aromatic heterocycles. The third kappa shape index (κ3) is 3.04. The molecule has 0 radical (unpaired) electrons. The Balaban J connectivity index is 2.28. The van der Waals surface area contributed by atoms with Crippen LogP contribution >= 0.6 is 0 Å². The van der Waals surface area contributed by atoms with Crippen molar-refractivity contribution in [3.05, 3.63) is 29.6 Å². The molecule has 0 bridgehead atoms. The van der Waals surface area contributed by atoms with Crippen LogP contribution in [0.2, 0.25) is 0 Å². The molecule has 19 heavy (non-hydrogen) atoms. The smallest absolute Gasteiger partial charge is 0.222 e. The maximum absolute atomic E-state index is 13.3. The fraction of sp³-hybridized carbons (Fsp3) is 0.500. The predicted molar refractivity (Wildman–Crippen MR) is 73.1 cm³/mol. The number of carbonyl (C=O) groups is 1. The van der Waals surface area contributed by atoms with Crippen molar-refractivity contribution in [1.29, 1.82) is 0 Å². The van der Waals surface area contributed by atoms with E-state index in [9.17, 15) is 9.18 Å². The number of primary amides is 1. The largest absolute Gasteiger partial charge is 0.370 e. The summed E-state index contributed by atoms with van der Waals surface area (Å²) in [6, 6.07) is 4.38. The Morgan fingerprint density at radius 1 is 1.53 bits per heavy atom. The summed E-state index contributed by atoms with van der Waals surface area (Å²) in [6.07, 6.45) is 1.73. The summed E-state index contributed by atoms with van der Waals surface area (Å²) in [5.41, 5.74) is 13.0. The van der Waals surface area contributed by atoms with Gasteiger partial charge in [-0.1, -0.05) is 0 Å². The molecule has 1 amide bonds. The molecule has 4 N–H and O–H groups in total. The van der Waals surface area contributed by atoms with Crippen LogP contribution in [-0.4, -0.2) is 19.0 Å². The summed E-state index contributed by atoms with van der Waals surface area (Å²) in [5.74, 6) is -0.701. The maximum atomic E-state index is 13.3. The zero-order valence-corrected chi connectivity index (χ0v) is 11.1. The highest BCUT2D eigenvalue weighted by Gasteiger charge is 2.25. The number of benzene rings is 1. The van der Waals surface area contributed by atoms with E-state index in [1.54, 1.807) is 6.07 Å². The second kappa shape index (κ2) is 5.57. The lowest BCUT2D eigenvalue weighted by Crippen LogP contribution is -2.41. The van der Waals surface area contributed by atoms with Crippen molar-refractivity contribution in [3.63, 3.8) is 0 Å². The van der Waals surface area contributed by atoms with Gasteiger partial charge in [0.25, 0.3) is 0 Å². The lowest BCUT2D eigenvalue weighted by atomic mass is 9.95. The van der Waals surface area contributed by atoms with E-state index in [1.165, 1.54) is 12.1 Å². The molecule has 104 valence electrons. The minimum absolute atomic E-state index is 0.139. The van der Waals surface area contributed by atoms with E-state index >= 15 is 0 Å². The minimum atomic E-state index is -0.292. The van der Waals surface area contributed by atoms with Crippen LogP contribution in [0.1, 0.15) is 31.4 Å². The van der Waals surface area contributed by atoms with Crippen LogP contribution in [0.15, 0.2) is 18.2 Å². The molecule has 4 nitrogen and oxygen atoms in total. The molecule has 2 atom stereocenters. The zero-order chi connectivity index (χ0) is 14.0. The summed E-state index contributed by atoms with van der Waals surface area (Å²) in [6.45, 7) is 3.25. The van der Waals surface area contributed by atoms with Crippen LogP contribution in [0.25, 0.3) is 0 Å². The summed E-state index contributed by atoms with van der Waals surface area (Å²) >= 11 is 0. The van der Waals surface area contributed by atoms with Crippen LogP contribution < -0.4 is 16.4 Å². The number of piperidine rings is 1. The average Bonchev–Trinajstić information content (AvgIpc) is 2.38. The maximum Gasteiger partial charge on any atom is 0.222 e. The topological polar surface area (TPSA) is 72.3 Å². The number of halogens is 1. The van der Waals surface area contributed by atoms with E-state index in [4.69, 9.17) is 11.5 Å². The lowest BCUT2D eigenvalue weighted by Gasteiger charge is -2.34. The van der Waals surface area contributed by atoms with Gasteiger partial charge in [-0.05, 0) is 43.5 Å². The SMILES string of the molecule is CC(N)c1cc(F)ccc1N1CCCC(C(N)=O)C1. The van der Waals surface area contributed by atoms with Gasteiger partial charge in [0.15, 0.2) is 0 Å². The Kier molecular flexibility index (Phi) is 4.04. The van der Waals surface area contributed by atoms with E-state index < -0.39 is 0 Å². The Bertz CT molecular complexity index is 476. The molecular weight excluding hydrogens is 245 g/mol. The Morgan fingerprint density at radius 2 is 2.26 bits per heavy atom. The summed E-state index contributed by atoms with van der Waals surface area (Å²) in [5, 5.41) is 0. The molecule has 0 saturated carbocycles. The first-order valence-corrected chi connectivity index (χ1v) is 6.58. The molecule has 0 aliphatic carbocycles. The summed E-state index contributed by atoms with van der Waals surface area (Å²) in [7, 11) is 0. The molecule has 2 rings (SSSR count). The van der Waals surface area contributed by atoms with Gasteiger partial charge in [-0.15, -0.1) is 0 Å². The molecule has 1 saturated heterocycles. The van der Waals surface area contributed by atoms with Crippen LogP contribution in [0.4, 0.5) is 10.1 Å². The molecule has 2 unspecified atom stereocenters. The number of amides is 1. The van der Waals surface area contributed by atoms with Crippen LogP contribution in [0.3, 0.4) is 0 Å². The second-order valence-corrected chi connectivity index (χ2v) is 5.18. The molecule has 5 heteroatoms. The standard InChI is InChI=1S/C14H20FN3O/c1-9(16)12-7-11(15)4-5-13(12)18-6-2-3-10(8-18)14(17)19/h4-5,7,9-10H,2-3,6,8,16H2,1H3,(H2,17,19). The van der Waals surface area contributed by atoms with Gasteiger partial charge in [0.2, 0.25) is 5.91 Å². The van der Waals surface area contributed by atoms with Crippen molar-refractivity contribution >= 4 is 11.6 Å². The summed E-state index contributed by atoms with van der Waals surface area (Å²) < 4.78 is 13.3. The zero-order valence-electron chi connectivity index (χ0n) is 11.1. The Hall–Kier alpha value is -1.62. The number of hydrogen-bond acceptors (Lipinski definition) is 3.